The number of hydrogen-bond donors (Lipinski definition) is 1. The minimum Gasteiger partial charge on any atom is -0.309 e. The van der Waals surface area contributed by atoms with Crippen molar-refractivity contribution in [1.29, 1.82) is 0 Å². The minimum absolute atomic E-state index is 0.271. The molecule has 3 rings (SSSR count). The SMILES string of the molecule is CCNC1c2ccccc2CC1S(=O)CC1CCCC1. The summed E-state index contributed by atoms with van der Waals surface area (Å²) in [6, 6.07) is 8.90. The lowest BCUT2D eigenvalue weighted by molar-refractivity contribution is 0.538. The van der Waals surface area contributed by atoms with Gasteiger partial charge in [-0.25, -0.2) is 0 Å². The summed E-state index contributed by atoms with van der Waals surface area (Å²) in [5.41, 5.74) is 2.77. The van der Waals surface area contributed by atoms with E-state index in [1.165, 1.54) is 36.8 Å². The molecule has 3 atom stereocenters. The molecule has 20 heavy (non-hydrogen) atoms. The first-order valence-corrected chi connectivity index (χ1v) is 9.36. The molecular formula is C17H25NOS. The van der Waals surface area contributed by atoms with Gasteiger partial charge in [0.15, 0.2) is 0 Å². The van der Waals surface area contributed by atoms with Crippen molar-refractivity contribution >= 4 is 10.8 Å². The second-order valence-electron chi connectivity index (χ2n) is 6.17. The zero-order valence-electron chi connectivity index (χ0n) is 12.3. The number of fused-ring (bicyclic) bond motifs is 1. The predicted molar refractivity (Wildman–Crippen MR) is 85.3 cm³/mol. The average molecular weight is 291 g/mol. The molecule has 0 aliphatic heterocycles. The Morgan fingerprint density at radius 2 is 2.00 bits per heavy atom. The van der Waals surface area contributed by atoms with Gasteiger partial charge in [-0.1, -0.05) is 44.0 Å². The Hall–Kier alpha value is -0.670. The summed E-state index contributed by atoms with van der Waals surface area (Å²) in [6.07, 6.45) is 6.23. The van der Waals surface area contributed by atoms with Gasteiger partial charge < -0.3 is 5.32 Å². The normalized spacial score (nSPS) is 27.6. The minimum atomic E-state index is -0.706. The van der Waals surface area contributed by atoms with Crippen molar-refractivity contribution in [3.63, 3.8) is 0 Å². The van der Waals surface area contributed by atoms with E-state index in [4.69, 9.17) is 0 Å². The lowest BCUT2D eigenvalue weighted by Gasteiger charge is -2.22. The van der Waals surface area contributed by atoms with E-state index in [1.807, 2.05) is 0 Å². The smallest absolute Gasteiger partial charge is 0.0583 e. The van der Waals surface area contributed by atoms with E-state index in [1.54, 1.807) is 0 Å². The third-order valence-electron chi connectivity index (χ3n) is 4.82. The van der Waals surface area contributed by atoms with Crippen LogP contribution < -0.4 is 5.32 Å². The van der Waals surface area contributed by atoms with Crippen LogP contribution in [0, 0.1) is 5.92 Å². The van der Waals surface area contributed by atoms with Crippen LogP contribution in [-0.4, -0.2) is 21.8 Å². The van der Waals surface area contributed by atoms with Crippen LogP contribution in [0.25, 0.3) is 0 Å². The summed E-state index contributed by atoms with van der Waals surface area (Å²) in [5, 5.41) is 3.83. The Labute approximate surface area is 124 Å². The van der Waals surface area contributed by atoms with Crippen molar-refractivity contribution in [2.24, 2.45) is 5.92 Å². The highest BCUT2D eigenvalue weighted by Crippen LogP contribution is 2.36. The Bertz CT molecular complexity index is 482. The Kier molecular flexibility index (Phi) is 4.57. The van der Waals surface area contributed by atoms with Gasteiger partial charge in [-0.15, -0.1) is 0 Å². The van der Waals surface area contributed by atoms with Crippen molar-refractivity contribution in [3.05, 3.63) is 35.4 Å². The van der Waals surface area contributed by atoms with Crippen molar-refractivity contribution in [1.82, 2.24) is 5.32 Å². The molecule has 1 aromatic rings. The molecule has 2 aliphatic carbocycles. The molecule has 0 bridgehead atoms. The standard InChI is InChI=1S/C17H25NOS/c1-2-18-17-15-10-6-5-9-14(15)11-16(17)20(19)12-13-7-3-4-8-13/h5-6,9-10,13,16-18H,2-4,7-8,11-12H2,1H3. The molecule has 0 amide bonds. The maximum Gasteiger partial charge on any atom is 0.0583 e. The van der Waals surface area contributed by atoms with Crippen LogP contribution in [0.15, 0.2) is 24.3 Å². The van der Waals surface area contributed by atoms with Crippen molar-refractivity contribution in [2.45, 2.75) is 50.3 Å². The summed E-state index contributed by atoms with van der Waals surface area (Å²) in [7, 11) is -0.706. The van der Waals surface area contributed by atoms with E-state index < -0.39 is 10.8 Å². The lowest BCUT2D eigenvalue weighted by Crippen LogP contribution is -2.33. The zero-order valence-corrected chi connectivity index (χ0v) is 13.1. The molecule has 1 fully saturated rings. The molecule has 3 heteroatoms. The first-order valence-electron chi connectivity index (χ1n) is 7.98. The highest BCUT2D eigenvalue weighted by Gasteiger charge is 2.36. The molecule has 2 nitrogen and oxygen atoms in total. The molecule has 1 aromatic carbocycles. The van der Waals surface area contributed by atoms with E-state index in [9.17, 15) is 4.21 Å². The van der Waals surface area contributed by atoms with Crippen LogP contribution in [-0.2, 0) is 17.2 Å². The molecule has 1 saturated carbocycles. The van der Waals surface area contributed by atoms with Crippen LogP contribution in [0.5, 0.6) is 0 Å². The number of benzene rings is 1. The fourth-order valence-corrected chi connectivity index (χ4v) is 5.75. The van der Waals surface area contributed by atoms with Gasteiger partial charge in [-0.2, -0.15) is 0 Å². The van der Waals surface area contributed by atoms with Gasteiger partial charge in [-0.3, -0.25) is 4.21 Å². The number of nitrogens with one attached hydrogen (secondary N) is 1. The third kappa shape index (κ3) is 2.84. The number of hydrogen-bond acceptors (Lipinski definition) is 2. The summed E-state index contributed by atoms with van der Waals surface area (Å²) < 4.78 is 12.8. The summed E-state index contributed by atoms with van der Waals surface area (Å²) >= 11 is 0. The molecule has 110 valence electrons. The van der Waals surface area contributed by atoms with Crippen LogP contribution in [0.3, 0.4) is 0 Å². The quantitative estimate of drug-likeness (QED) is 0.902. The van der Waals surface area contributed by atoms with Crippen molar-refractivity contribution < 1.29 is 4.21 Å². The van der Waals surface area contributed by atoms with E-state index >= 15 is 0 Å². The average Bonchev–Trinajstić information content (AvgIpc) is 3.07. The van der Waals surface area contributed by atoms with Crippen LogP contribution in [0.1, 0.15) is 49.8 Å². The summed E-state index contributed by atoms with van der Waals surface area (Å²) in [4.78, 5) is 0. The monoisotopic (exact) mass is 291 g/mol. The van der Waals surface area contributed by atoms with E-state index in [0.717, 1.165) is 18.7 Å². The van der Waals surface area contributed by atoms with Crippen LogP contribution in [0.2, 0.25) is 0 Å². The molecule has 1 N–H and O–H groups in total. The highest BCUT2D eigenvalue weighted by atomic mass is 32.2. The molecule has 3 unspecified atom stereocenters. The van der Waals surface area contributed by atoms with Gasteiger partial charge in [0, 0.05) is 22.6 Å². The highest BCUT2D eigenvalue weighted by molar-refractivity contribution is 7.85. The van der Waals surface area contributed by atoms with Gasteiger partial charge in [0.05, 0.1) is 5.25 Å². The van der Waals surface area contributed by atoms with Crippen LogP contribution >= 0.6 is 0 Å². The lowest BCUT2D eigenvalue weighted by atomic mass is 10.1. The van der Waals surface area contributed by atoms with E-state index in [0.29, 0.717) is 12.0 Å². The van der Waals surface area contributed by atoms with Gasteiger partial charge in [0.25, 0.3) is 0 Å². The largest absolute Gasteiger partial charge is 0.309 e. The fraction of sp³-hybridized carbons (Fsp3) is 0.647. The van der Waals surface area contributed by atoms with Crippen molar-refractivity contribution in [3.8, 4) is 0 Å². The fourth-order valence-electron chi connectivity index (χ4n) is 3.80. The number of rotatable bonds is 5. The zero-order chi connectivity index (χ0) is 13.9. The summed E-state index contributed by atoms with van der Waals surface area (Å²) in [6.45, 7) is 3.08. The molecule has 0 radical (unpaired) electrons. The third-order valence-corrected chi connectivity index (χ3v) is 6.73. The maximum atomic E-state index is 12.8. The van der Waals surface area contributed by atoms with Gasteiger partial charge in [0.2, 0.25) is 0 Å². The first kappa shape index (κ1) is 14.3. The van der Waals surface area contributed by atoms with Crippen LogP contribution in [0.4, 0.5) is 0 Å². The topological polar surface area (TPSA) is 29.1 Å². The van der Waals surface area contributed by atoms with E-state index in [2.05, 4.69) is 36.5 Å². The molecule has 2 aliphatic rings. The maximum absolute atomic E-state index is 12.8. The van der Waals surface area contributed by atoms with E-state index in [-0.39, 0.29) is 5.25 Å². The second-order valence-corrected chi connectivity index (χ2v) is 7.87. The molecular weight excluding hydrogens is 266 g/mol. The Morgan fingerprint density at radius 3 is 2.75 bits per heavy atom. The molecule has 0 saturated heterocycles. The Balaban J connectivity index is 1.74. The molecule has 0 aromatic heterocycles. The first-order chi connectivity index (χ1) is 9.79. The second kappa shape index (κ2) is 6.40. The summed E-state index contributed by atoms with van der Waals surface area (Å²) in [5.74, 6) is 1.63. The van der Waals surface area contributed by atoms with Gasteiger partial charge >= 0.3 is 0 Å². The molecule has 0 heterocycles. The van der Waals surface area contributed by atoms with Crippen molar-refractivity contribution in [2.75, 3.05) is 12.3 Å². The van der Waals surface area contributed by atoms with Gasteiger partial charge in [-0.05, 0) is 42.9 Å². The Morgan fingerprint density at radius 1 is 1.25 bits per heavy atom. The predicted octanol–water partition coefficient (Wildman–Crippen LogP) is 3.20. The van der Waals surface area contributed by atoms with Gasteiger partial charge in [0.1, 0.15) is 0 Å². The molecule has 0 spiro atoms.